The standard InChI is InChI=1S/C38H43N3O6.C32H33N3O6.C6H10O.CH4O/c1-44-35-24-31-33(39-22-20-34(31)46-30-18-16-28(17-19-30)41-37(42)26-10-4-2-5-11-26)25-36(35)45-23-21-32(40-27-12-6-3-7-13-27)38(43)47-29-14-8-9-15-29;1-38-29-19-25-27(20-30(29)39-18-16-26(33)32(37)41-23-9-5-6-10-23)34-17-15-28(25)40-24-13-11-22(12-14-24)35-31(36)21-7-3-2-4-8-21;7-6-4-2-1-3-5-6;1-2/h2,4-5,10-11,16-20,22,24-25,27,29,32,40H,3,6-9,12-15,21,23H2,1H3,(H,41,42);2-4,7-8,11-15,17,19-20,23,26H,5-6,9-10,16,18,33H2,1H3,(H,35,36);1-5H2;2H,1H3/t32-;26-;;/m00../s1. The van der Waals surface area contributed by atoms with Gasteiger partial charge in [-0.2, -0.15) is 0 Å². The highest BCUT2D eigenvalue weighted by molar-refractivity contribution is 6.05. The molecule has 20 nitrogen and oxygen atoms in total. The number of hydrogen-bond donors (Lipinski definition) is 5. The molecule has 2 aromatic heterocycles. The Hall–Kier alpha value is -9.63. The number of aliphatic hydroxyl groups excluding tert-OH is 1. The lowest BCUT2D eigenvalue weighted by Crippen LogP contribution is -2.46. The molecule has 0 radical (unpaired) electrons. The van der Waals surface area contributed by atoms with E-state index in [4.69, 9.17) is 48.7 Å². The Kier molecular flexibility index (Phi) is 27.8. The van der Waals surface area contributed by atoms with Gasteiger partial charge in [0.25, 0.3) is 11.8 Å². The van der Waals surface area contributed by atoms with Crippen LogP contribution in [0.25, 0.3) is 21.8 Å². The van der Waals surface area contributed by atoms with E-state index in [0.717, 1.165) is 108 Å². The summed E-state index contributed by atoms with van der Waals surface area (Å²) in [5.74, 6) is 3.99. The SMILES string of the molecule is CO.COc1cc2c(Oc3ccc(NC(=O)c4ccccc4)cc3)ccnc2cc1OCC[C@H](N)C(=O)OC1CCCC1.COc1cc2c(Oc3ccc(NC(=O)c4ccccc4)cc3)ccnc2cc1OCC[C@H](NC1CCCCC1)C(=O)OC1CCCC1.O=C1CCCCC1. The van der Waals surface area contributed by atoms with Crippen LogP contribution in [0.3, 0.4) is 0 Å². The molecule has 2 heterocycles. The Morgan fingerprint density at radius 3 is 1.35 bits per heavy atom. The van der Waals surface area contributed by atoms with Gasteiger partial charge in [0.2, 0.25) is 0 Å². The number of nitrogens with zero attached hydrogens (tertiary/aromatic N) is 2. The first-order chi connectivity index (χ1) is 47.4. The molecule has 6 N–H and O–H groups in total. The van der Waals surface area contributed by atoms with Crippen molar-refractivity contribution in [3.05, 3.63) is 169 Å². The van der Waals surface area contributed by atoms with E-state index in [2.05, 4.69) is 25.9 Å². The molecule has 512 valence electrons. The van der Waals surface area contributed by atoms with E-state index in [1.165, 1.54) is 25.7 Å². The van der Waals surface area contributed by atoms with Gasteiger partial charge in [-0.15, -0.1) is 0 Å². The van der Waals surface area contributed by atoms with Gasteiger partial charge in [-0.1, -0.05) is 62.1 Å². The minimum atomic E-state index is -0.752. The van der Waals surface area contributed by atoms with Crippen molar-refractivity contribution in [1.82, 2.24) is 15.3 Å². The summed E-state index contributed by atoms with van der Waals surface area (Å²) in [6, 6.07) is 42.4. The van der Waals surface area contributed by atoms with Crippen LogP contribution in [-0.4, -0.2) is 109 Å². The third-order valence-corrected chi connectivity index (χ3v) is 17.3. The maximum atomic E-state index is 13.2. The van der Waals surface area contributed by atoms with Crippen molar-refractivity contribution in [3.8, 4) is 46.0 Å². The lowest BCUT2D eigenvalue weighted by molar-refractivity contribution is -0.152. The Morgan fingerprint density at radius 1 is 0.495 bits per heavy atom. The van der Waals surface area contributed by atoms with Gasteiger partial charge in [0.05, 0.1) is 38.5 Å². The molecule has 4 aliphatic carbocycles. The smallest absolute Gasteiger partial charge is 0.323 e. The van der Waals surface area contributed by atoms with Crippen LogP contribution >= 0.6 is 0 Å². The first-order valence-corrected chi connectivity index (χ1v) is 33.8. The lowest BCUT2D eigenvalue weighted by Gasteiger charge is -2.28. The molecule has 0 spiro atoms. The molecule has 4 saturated carbocycles. The number of carbonyl (C=O) groups excluding carboxylic acids is 5. The third kappa shape index (κ3) is 21.7. The minimum absolute atomic E-state index is 0.0176. The van der Waals surface area contributed by atoms with Crippen LogP contribution in [-0.2, 0) is 23.9 Å². The van der Waals surface area contributed by atoms with Crippen molar-refractivity contribution >= 4 is 62.7 Å². The van der Waals surface area contributed by atoms with Crippen LogP contribution in [0, 0.1) is 0 Å². The topological polar surface area (TPSA) is 267 Å². The van der Waals surface area contributed by atoms with Crippen LogP contribution in [0.15, 0.2) is 158 Å². The number of anilines is 2. The van der Waals surface area contributed by atoms with E-state index < -0.39 is 12.1 Å². The number of nitrogens with two attached hydrogens (primary N) is 1. The number of ether oxygens (including phenoxy) is 8. The maximum absolute atomic E-state index is 13.2. The van der Waals surface area contributed by atoms with Crippen molar-refractivity contribution < 1.29 is 67.0 Å². The number of aromatic nitrogens is 2. The summed E-state index contributed by atoms with van der Waals surface area (Å²) in [7, 11) is 4.15. The van der Waals surface area contributed by atoms with Crippen LogP contribution in [0.2, 0.25) is 0 Å². The second-order valence-corrected chi connectivity index (χ2v) is 24.3. The Balaban J connectivity index is 0.000000203. The van der Waals surface area contributed by atoms with Crippen LogP contribution < -0.4 is 50.1 Å². The number of esters is 2. The largest absolute Gasteiger partial charge is 0.493 e. The zero-order valence-electron chi connectivity index (χ0n) is 55.7. The molecular weight excluding hydrogens is 1230 g/mol. The first kappa shape index (κ1) is 71.7. The number of benzene rings is 6. The minimum Gasteiger partial charge on any atom is -0.493 e. The number of amides is 2. The van der Waals surface area contributed by atoms with E-state index in [0.29, 0.717) is 111 Å². The molecule has 12 rings (SSSR count). The van der Waals surface area contributed by atoms with E-state index >= 15 is 0 Å². The van der Waals surface area contributed by atoms with E-state index in [1.807, 2.05) is 48.5 Å². The molecule has 0 aliphatic heterocycles. The molecule has 0 unspecified atom stereocenters. The number of carbonyl (C=O) groups is 5. The molecule has 2 amide bonds. The molecule has 0 saturated heterocycles. The van der Waals surface area contributed by atoms with Crippen molar-refractivity contribution in [3.63, 3.8) is 0 Å². The van der Waals surface area contributed by atoms with E-state index in [1.54, 1.807) is 124 Å². The molecule has 8 aromatic rings. The second kappa shape index (κ2) is 37.6. The number of fused-ring (bicyclic) bond motifs is 2. The van der Waals surface area contributed by atoms with Crippen LogP contribution in [0.5, 0.6) is 46.0 Å². The number of Topliss-reactive ketones (excluding diaryl/α,β-unsaturated/α-hetero) is 1. The molecule has 2 atom stereocenters. The van der Waals surface area contributed by atoms with Gasteiger partial charge in [-0.3, -0.25) is 33.9 Å². The third-order valence-electron chi connectivity index (χ3n) is 17.3. The van der Waals surface area contributed by atoms with Crippen molar-refractivity contribution in [2.45, 2.75) is 159 Å². The van der Waals surface area contributed by atoms with Crippen molar-refractivity contribution in [1.29, 1.82) is 0 Å². The summed E-state index contributed by atoms with van der Waals surface area (Å²) in [5, 5.41) is 17.9. The predicted octanol–water partition coefficient (Wildman–Crippen LogP) is 14.8. The number of aliphatic hydroxyl groups is 1. The lowest BCUT2D eigenvalue weighted by atomic mass is 9.94. The average Bonchev–Trinajstić information content (AvgIpc) is 0.942. The first-order valence-electron chi connectivity index (χ1n) is 33.8. The summed E-state index contributed by atoms with van der Waals surface area (Å²) in [4.78, 5) is 69.9. The zero-order chi connectivity index (χ0) is 68.1. The van der Waals surface area contributed by atoms with Gasteiger partial charge < -0.3 is 64.7 Å². The van der Waals surface area contributed by atoms with Gasteiger partial charge in [0.1, 0.15) is 53.1 Å². The molecule has 97 heavy (non-hydrogen) atoms. The Bertz CT molecular complexity index is 3800. The average molecular weight is 1320 g/mol. The van der Waals surface area contributed by atoms with Crippen LogP contribution in [0.1, 0.15) is 149 Å². The highest BCUT2D eigenvalue weighted by atomic mass is 16.6. The fourth-order valence-corrected chi connectivity index (χ4v) is 12.0. The highest BCUT2D eigenvalue weighted by Crippen LogP contribution is 2.40. The molecule has 4 aliphatic rings. The van der Waals surface area contributed by atoms with Crippen molar-refractivity contribution in [2.24, 2.45) is 5.73 Å². The number of methoxy groups -OCH3 is 2. The van der Waals surface area contributed by atoms with Gasteiger partial charge in [-0.05, 0) is 174 Å². The van der Waals surface area contributed by atoms with Crippen LogP contribution in [0.4, 0.5) is 11.4 Å². The number of nitrogens with one attached hydrogen (secondary N) is 3. The monoisotopic (exact) mass is 1320 g/mol. The molecule has 6 aromatic carbocycles. The van der Waals surface area contributed by atoms with Gasteiger partial charge in [0.15, 0.2) is 23.0 Å². The fourth-order valence-electron chi connectivity index (χ4n) is 12.0. The number of pyridine rings is 2. The number of ketones is 1. The summed E-state index contributed by atoms with van der Waals surface area (Å²) in [6.45, 7) is 0.529. The van der Waals surface area contributed by atoms with Gasteiger partial charge in [-0.25, -0.2) is 0 Å². The van der Waals surface area contributed by atoms with Gasteiger partial charge in [0, 0.05) is 96.6 Å². The molecule has 4 fully saturated rings. The summed E-state index contributed by atoms with van der Waals surface area (Å²) in [5.41, 5.74) is 9.86. The maximum Gasteiger partial charge on any atom is 0.323 e. The zero-order valence-corrected chi connectivity index (χ0v) is 55.7. The predicted molar refractivity (Wildman–Crippen MR) is 373 cm³/mol. The number of rotatable bonds is 24. The fraction of sp³-hybridized carbons (Fsp3) is 0.390. The molecule has 20 heteroatoms. The van der Waals surface area contributed by atoms with E-state index in [9.17, 15) is 24.0 Å². The number of hydrogen-bond acceptors (Lipinski definition) is 18. The summed E-state index contributed by atoms with van der Waals surface area (Å²) in [6.07, 6.45) is 23.3. The normalized spacial score (nSPS) is 15.3. The Morgan fingerprint density at radius 2 is 0.918 bits per heavy atom. The molecular formula is C77H90N6O14. The van der Waals surface area contributed by atoms with Gasteiger partial charge >= 0.3 is 11.9 Å². The van der Waals surface area contributed by atoms with E-state index in [-0.39, 0.29) is 42.6 Å². The Labute approximate surface area is 567 Å². The summed E-state index contributed by atoms with van der Waals surface area (Å²) < 4.78 is 47.2. The summed E-state index contributed by atoms with van der Waals surface area (Å²) >= 11 is 0. The quantitative estimate of drug-likeness (QED) is 0.0352. The molecule has 0 bridgehead atoms. The van der Waals surface area contributed by atoms with Crippen molar-refractivity contribution in [2.75, 3.05) is 45.2 Å². The second-order valence-electron chi connectivity index (χ2n) is 24.3. The highest BCUT2D eigenvalue weighted by Gasteiger charge is 2.29.